The number of anilines is 1. The molecule has 3 aromatic rings. The number of amides is 1. The van der Waals surface area contributed by atoms with Crippen LogP contribution >= 0.6 is 23.2 Å². The van der Waals surface area contributed by atoms with Gasteiger partial charge in [-0.3, -0.25) is 4.79 Å². The van der Waals surface area contributed by atoms with Crippen molar-refractivity contribution in [3.63, 3.8) is 0 Å². The van der Waals surface area contributed by atoms with E-state index in [0.29, 0.717) is 6.42 Å². The van der Waals surface area contributed by atoms with Crippen LogP contribution in [-0.2, 0) is 10.2 Å². The molecule has 1 aromatic heterocycles. The van der Waals surface area contributed by atoms with Gasteiger partial charge in [-0.15, -0.1) is 0 Å². The second-order valence-electron chi connectivity index (χ2n) is 10.9. The normalized spacial score (nSPS) is 22.5. The van der Waals surface area contributed by atoms with Gasteiger partial charge in [0.1, 0.15) is 22.7 Å². The van der Waals surface area contributed by atoms with Crippen molar-refractivity contribution in [2.24, 2.45) is 5.41 Å². The van der Waals surface area contributed by atoms with Gasteiger partial charge in [0.25, 0.3) is 0 Å². The Morgan fingerprint density at radius 2 is 1.90 bits per heavy atom. The van der Waals surface area contributed by atoms with E-state index in [1.807, 2.05) is 20.8 Å². The minimum atomic E-state index is -1.76. The number of benzene rings is 2. The Hall–Kier alpha value is -3.58. The number of halogens is 4. The lowest BCUT2D eigenvalue weighted by Gasteiger charge is -2.37. The number of rotatable bonds is 6. The predicted octanol–water partition coefficient (Wildman–Crippen LogP) is 6.33. The van der Waals surface area contributed by atoms with Crippen LogP contribution in [0.2, 0.25) is 10.0 Å². The fraction of sp³-hybridized carbons (Fsp3) is 0.310. The van der Waals surface area contributed by atoms with Gasteiger partial charge in [-0.2, -0.15) is 5.26 Å². The molecule has 1 amide bonds. The first-order chi connectivity index (χ1) is 18.8. The molecule has 0 radical (unpaired) electrons. The number of aromatic carboxylic acids is 1. The van der Waals surface area contributed by atoms with Gasteiger partial charge < -0.3 is 15.7 Å². The molecule has 1 aliphatic rings. The highest BCUT2D eigenvalue weighted by atomic mass is 35.5. The van der Waals surface area contributed by atoms with Crippen molar-refractivity contribution in [3.8, 4) is 6.07 Å². The summed E-state index contributed by atoms with van der Waals surface area (Å²) in [5, 5.41) is 25.8. The number of pyridine rings is 1. The zero-order valence-corrected chi connectivity index (χ0v) is 23.3. The van der Waals surface area contributed by atoms with Gasteiger partial charge in [-0.1, -0.05) is 62.2 Å². The average Bonchev–Trinajstić information content (AvgIpc) is 3.19. The molecule has 2 heterocycles. The van der Waals surface area contributed by atoms with Crippen molar-refractivity contribution in [3.05, 3.63) is 93.2 Å². The number of nitrogens with zero attached hydrogens (tertiary/aromatic N) is 2. The number of carboxylic acids is 1. The van der Waals surface area contributed by atoms with Crippen molar-refractivity contribution in [2.75, 3.05) is 5.32 Å². The molecule has 11 heteroatoms. The van der Waals surface area contributed by atoms with Crippen LogP contribution in [-0.4, -0.2) is 34.1 Å². The summed E-state index contributed by atoms with van der Waals surface area (Å²) in [5.74, 6) is -4.71. The second kappa shape index (κ2) is 11.1. The number of carbonyl (C=O) groups excluding carboxylic acids is 1. The molecule has 7 nitrogen and oxygen atoms in total. The number of hydrogen-bond donors (Lipinski definition) is 3. The SMILES string of the molecule is CC(C)(C)CC1NC(C(=O)Nc2ccc(C(=O)O)nc2)C(c2cccc(Cl)c2F)C1(C#N)c1ccc(Cl)cc1F. The molecule has 1 fully saturated rings. The molecule has 0 aliphatic carbocycles. The van der Waals surface area contributed by atoms with E-state index in [1.165, 1.54) is 48.7 Å². The fourth-order valence-corrected chi connectivity index (χ4v) is 5.71. The highest BCUT2D eigenvalue weighted by Crippen LogP contribution is 2.52. The van der Waals surface area contributed by atoms with Gasteiger partial charge in [0.2, 0.25) is 5.91 Å². The lowest BCUT2D eigenvalue weighted by molar-refractivity contribution is -0.118. The fourth-order valence-electron chi connectivity index (χ4n) is 5.37. The summed E-state index contributed by atoms with van der Waals surface area (Å²) in [6, 6.07) is 11.0. The second-order valence-corrected chi connectivity index (χ2v) is 11.8. The maximum atomic E-state index is 15.7. The summed E-state index contributed by atoms with van der Waals surface area (Å²) < 4.78 is 31.3. The van der Waals surface area contributed by atoms with Crippen LogP contribution in [0.4, 0.5) is 14.5 Å². The Labute approximate surface area is 240 Å². The van der Waals surface area contributed by atoms with Gasteiger partial charge in [0, 0.05) is 22.5 Å². The molecule has 4 atom stereocenters. The first kappa shape index (κ1) is 29.4. The first-order valence-corrected chi connectivity index (χ1v) is 13.1. The van der Waals surface area contributed by atoms with Crippen molar-refractivity contribution < 1.29 is 23.5 Å². The first-order valence-electron chi connectivity index (χ1n) is 12.4. The number of carbonyl (C=O) groups is 2. The quantitative estimate of drug-likeness (QED) is 0.311. The smallest absolute Gasteiger partial charge is 0.354 e. The lowest BCUT2D eigenvalue weighted by Crippen LogP contribution is -2.45. The molecule has 1 aliphatic heterocycles. The van der Waals surface area contributed by atoms with Crippen LogP contribution in [0.25, 0.3) is 0 Å². The predicted molar refractivity (Wildman–Crippen MR) is 147 cm³/mol. The zero-order chi connectivity index (χ0) is 29.4. The average molecular weight is 587 g/mol. The van der Waals surface area contributed by atoms with E-state index in [9.17, 15) is 14.9 Å². The molecule has 2 aromatic carbocycles. The van der Waals surface area contributed by atoms with Gasteiger partial charge in [-0.05, 0) is 47.7 Å². The van der Waals surface area contributed by atoms with Gasteiger partial charge in [-0.25, -0.2) is 18.6 Å². The van der Waals surface area contributed by atoms with Crippen LogP contribution in [0.3, 0.4) is 0 Å². The molecule has 0 spiro atoms. The summed E-state index contributed by atoms with van der Waals surface area (Å²) in [6.45, 7) is 5.81. The third-order valence-electron chi connectivity index (χ3n) is 6.98. The highest BCUT2D eigenvalue weighted by molar-refractivity contribution is 6.31. The van der Waals surface area contributed by atoms with Crippen LogP contribution in [0.5, 0.6) is 0 Å². The van der Waals surface area contributed by atoms with E-state index in [4.69, 9.17) is 28.3 Å². The van der Waals surface area contributed by atoms with E-state index in [1.54, 1.807) is 0 Å². The zero-order valence-electron chi connectivity index (χ0n) is 21.8. The van der Waals surface area contributed by atoms with E-state index in [2.05, 4.69) is 21.7 Å². The van der Waals surface area contributed by atoms with Gasteiger partial charge in [0.05, 0.1) is 29.0 Å². The van der Waals surface area contributed by atoms with E-state index in [0.717, 1.165) is 6.07 Å². The number of nitrogens with one attached hydrogen (secondary N) is 2. The van der Waals surface area contributed by atoms with Crippen molar-refractivity contribution in [1.82, 2.24) is 10.3 Å². The number of carboxylic acid groups (broad SMARTS) is 1. The van der Waals surface area contributed by atoms with Crippen molar-refractivity contribution in [2.45, 2.75) is 50.6 Å². The van der Waals surface area contributed by atoms with Crippen LogP contribution < -0.4 is 10.6 Å². The topological polar surface area (TPSA) is 115 Å². The summed E-state index contributed by atoms with van der Waals surface area (Å²) in [7, 11) is 0. The number of nitriles is 1. The largest absolute Gasteiger partial charge is 0.477 e. The van der Waals surface area contributed by atoms with Crippen molar-refractivity contribution >= 4 is 40.8 Å². The Bertz CT molecular complexity index is 1500. The van der Waals surface area contributed by atoms with E-state index in [-0.39, 0.29) is 38.0 Å². The molecule has 208 valence electrons. The Balaban J connectivity index is 1.92. The standard InChI is InChI=1S/C29H26Cl2F2N4O3/c1-28(2,3)12-22-29(14-34,18-9-7-15(30)11-20(18)32)23(17-5-4-6-19(31)24(17)33)25(37-22)26(38)36-16-8-10-21(27(39)40)35-13-16/h4-11,13,22-23,25,37H,12H2,1-3H3,(H,36,38)(H,39,40). The molecule has 4 rings (SSSR count). The van der Waals surface area contributed by atoms with Gasteiger partial charge >= 0.3 is 5.97 Å². The third-order valence-corrected chi connectivity index (χ3v) is 7.51. The Morgan fingerprint density at radius 3 is 2.48 bits per heavy atom. The van der Waals surface area contributed by atoms with Crippen LogP contribution in [0, 0.1) is 28.4 Å². The minimum Gasteiger partial charge on any atom is -0.477 e. The summed E-state index contributed by atoms with van der Waals surface area (Å²) in [4.78, 5) is 28.8. The molecule has 0 bridgehead atoms. The maximum Gasteiger partial charge on any atom is 0.354 e. The van der Waals surface area contributed by atoms with Crippen LogP contribution in [0.15, 0.2) is 54.7 Å². The van der Waals surface area contributed by atoms with Crippen molar-refractivity contribution in [1.29, 1.82) is 5.26 Å². The summed E-state index contributed by atoms with van der Waals surface area (Å²) in [5.41, 5.74) is -2.26. The molecule has 3 N–H and O–H groups in total. The van der Waals surface area contributed by atoms with E-state index >= 15 is 8.78 Å². The maximum absolute atomic E-state index is 15.7. The van der Waals surface area contributed by atoms with Crippen LogP contribution in [0.1, 0.15) is 54.7 Å². The number of hydrogen-bond acceptors (Lipinski definition) is 5. The van der Waals surface area contributed by atoms with Gasteiger partial charge in [0.15, 0.2) is 0 Å². The molecule has 4 unspecified atom stereocenters. The number of aromatic nitrogens is 1. The lowest BCUT2D eigenvalue weighted by atomic mass is 9.62. The third kappa shape index (κ3) is 5.52. The summed E-state index contributed by atoms with van der Waals surface area (Å²) >= 11 is 12.2. The Kier molecular flexibility index (Phi) is 8.18. The molecular weight excluding hydrogens is 561 g/mol. The minimum absolute atomic E-state index is 0.0340. The van der Waals surface area contributed by atoms with E-state index < -0.39 is 46.9 Å². The highest BCUT2D eigenvalue weighted by Gasteiger charge is 2.61. The Morgan fingerprint density at radius 1 is 1.18 bits per heavy atom. The molecule has 1 saturated heterocycles. The molecule has 0 saturated carbocycles. The molecular formula is C29H26Cl2F2N4O3. The monoisotopic (exact) mass is 586 g/mol. The summed E-state index contributed by atoms with van der Waals surface area (Å²) in [6.07, 6.45) is 1.49. The molecule has 40 heavy (non-hydrogen) atoms.